The van der Waals surface area contributed by atoms with Crippen LogP contribution >= 0.6 is 11.8 Å². The number of nitrogens with two attached hydrogens (primary N) is 1. The lowest BCUT2D eigenvalue weighted by molar-refractivity contribution is -0.0521. The lowest BCUT2D eigenvalue weighted by Gasteiger charge is -2.33. The highest BCUT2D eigenvalue weighted by Crippen LogP contribution is 2.34. The van der Waals surface area contributed by atoms with Gasteiger partial charge in [-0.2, -0.15) is 20.5 Å². The summed E-state index contributed by atoms with van der Waals surface area (Å²) < 4.78 is 42.0. The van der Waals surface area contributed by atoms with Crippen LogP contribution in [0.5, 0.6) is 5.75 Å². The normalized spacial score (nSPS) is 19.8. The minimum Gasteiger partial charge on any atom is -0.432 e. The van der Waals surface area contributed by atoms with Gasteiger partial charge in [0.25, 0.3) is 0 Å². The van der Waals surface area contributed by atoms with Crippen molar-refractivity contribution in [2.75, 3.05) is 29.5 Å². The van der Waals surface area contributed by atoms with Crippen LogP contribution in [0.3, 0.4) is 0 Å². The van der Waals surface area contributed by atoms with Crippen molar-refractivity contribution in [2.24, 2.45) is 0 Å². The van der Waals surface area contributed by atoms with E-state index in [-0.39, 0.29) is 5.69 Å². The van der Waals surface area contributed by atoms with Gasteiger partial charge in [-0.05, 0) is 0 Å². The standard InChI is InChI=1S/C12H15F3N2OS/c1-7-6-17(2-3-19-7)10-5-11(18-12(14)15)8(13)4-9(10)16/h4-5,7,12H,2-3,6,16H2,1H3. The summed E-state index contributed by atoms with van der Waals surface area (Å²) in [5, 5.41) is 0.415. The maximum Gasteiger partial charge on any atom is 0.387 e. The monoisotopic (exact) mass is 292 g/mol. The molecule has 1 aliphatic rings. The Morgan fingerprint density at radius 3 is 2.84 bits per heavy atom. The van der Waals surface area contributed by atoms with Crippen molar-refractivity contribution in [2.45, 2.75) is 18.8 Å². The molecule has 1 aromatic carbocycles. The quantitative estimate of drug-likeness (QED) is 0.869. The second-order valence-electron chi connectivity index (χ2n) is 4.35. The topological polar surface area (TPSA) is 38.5 Å². The van der Waals surface area contributed by atoms with E-state index < -0.39 is 18.2 Å². The van der Waals surface area contributed by atoms with Crippen LogP contribution in [0, 0.1) is 5.82 Å². The van der Waals surface area contributed by atoms with Gasteiger partial charge >= 0.3 is 6.61 Å². The predicted octanol–water partition coefficient (Wildman–Crippen LogP) is 2.95. The van der Waals surface area contributed by atoms with Gasteiger partial charge in [0.2, 0.25) is 0 Å². The molecule has 1 heterocycles. The summed E-state index contributed by atoms with van der Waals surface area (Å²) in [7, 11) is 0. The average molecular weight is 292 g/mol. The molecule has 0 saturated carbocycles. The molecule has 106 valence electrons. The summed E-state index contributed by atoms with van der Waals surface area (Å²) in [6, 6.07) is 2.28. The maximum atomic E-state index is 13.5. The number of thioether (sulfide) groups is 1. The number of halogens is 3. The zero-order chi connectivity index (χ0) is 14.0. The number of rotatable bonds is 3. The Morgan fingerprint density at radius 1 is 1.47 bits per heavy atom. The van der Waals surface area contributed by atoms with Gasteiger partial charge in [0.15, 0.2) is 11.6 Å². The number of hydrogen-bond acceptors (Lipinski definition) is 4. The number of nitrogen functional groups attached to an aromatic ring is 1. The molecule has 0 aromatic heterocycles. The van der Waals surface area contributed by atoms with Crippen LogP contribution < -0.4 is 15.4 Å². The summed E-state index contributed by atoms with van der Waals surface area (Å²) in [6.45, 7) is 0.516. The van der Waals surface area contributed by atoms with Gasteiger partial charge in [0, 0.05) is 36.2 Å². The van der Waals surface area contributed by atoms with Crippen LogP contribution in [0.2, 0.25) is 0 Å². The Hall–Kier alpha value is -1.24. The van der Waals surface area contributed by atoms with Crippen LogP contribution in [-0.4, -0.2) is 30.7 Å². The molecule has 0 bridgehead atoms. The summed E-state index contributed by atoms with van der Waals surface area (Å²) >= 11 is 1.83. The third-order valence-corrected chi connectivity index (χ3v) is 4.02. The van der Waals surface area contributed by atoms with Crippen molar-refractivity contribution >= 4 is 23.1 Å². The molecule has 0 spiro atoms. The SMILES string of the molecule is CC1CN(c2cc(OC(F)F)c(F)cc2N)CCS1. The predicted molar refractivity (Wildman–Crippen MR) is 71.6 cm³/mol. The number of benzene rings is 1. The molecule has 2 N–H and O–H groups in total. The molecule has 1 aliphatic heterocycles. The van der Waals surface area contributed by atoms with E-state index in [1.807, 2.05) is 16.7 Å². The highest BCUT2D eigenvalue weighted by molar-refractivity contribution is 8.00. The van der Waals surface area contributed by atoms with E-state index in [9.17, 15) is 13.2 Å². The van der Waals surface area contributed by atoms with Gasteiger partial charge in [-0.15, -0.1) is 0 Å². The Morgan fingerprint density at radius 2 is 2.21 bits per heavy atom. The molecule has 0 amide bonds. The third-order valence-electron chi connectivity index (χ3n) is 2.88. The smallest absolute Gasteiger partial charge is 0.387 e. The Bertz CT molecular complexity index is 459. The molecule has 3 nitrogen and oxygen atoms in total. The molecule has 1 unspecified atom stereocenters. The van der Waals surface area contributed by atoms with E-state index in [2.05, 4.69) is 11.7 Å². The lowest BCUT2D eigenvalue weighted by Crippen LogP contribution is -2.37. The van der Waals surface area contributed by atoms with Crippen molar-refractivity contribution in [1.29, 1.82) is 0 Å². The summed E-state index contributed by atoms with van der Waals surface area (Å²) in [5.74, 6) is -0.422. The number of anilines is 2. The molecule has 7 heteroatoms. The molecule has 19 heavy (non-hydrogen) atoms. The zero-order valence-electron chi connectivity index (χ0n) is 10.4. The number of alkyl halides is 2. The van der Waals surface area contributed by atoms with Crippen molar-refractivity contribution in [3.8, 4) is 5.75 Å². The van der Waals surface area contributed by atoms with Crippen molar-refractivity contribution in [1.82, 2.24) is 0 Å². The first-order valence-corrected chi connectivity index (χ1v) is 6.92. The number of nitrogens with zero attached hydrogens (tertiary/aromatic N) is 1. The van der Waals surface area contributed by atoms with Crippen molar-refractivity contribution in [3.05, 3.63) is 17.9 Å². The fraction of sp³-hybridized carbons (Fsp3) is 0.500. The molecule has 0 aliphatic carbocycles. The Kier molecular flexibility index (Phi) is 4.34. The van der Waals surface area contributed by atoms with E-state index in [1.54, 1.807) is 0 Å². The van der Waals surface area contributed by atoms with Gasteiger partial charge in [0.05, 0.1) is 11.4 Å². The van der Waals surface area contributed by atoms with Crippen LogP contribution in [0.1, 0.15) is 6.92 Å². The largest absolute Gasteiger partial charge is 0.432 e. The van der Waals surface area contributed by atoms with Crippen LogP contribution in [0.25, 0.3) is 0 Å². The van der Waals surface area contributed by atoms with Crippen molar-refractivity contribution in [3.63, 3.8) is 0 Å². The third kappa shape index (κ3) is 3.40. The number of hydrogen-bond donors (Lipinski definition) is 1. The van der Waals surface area contributed by atoms with Crippen LogP contribution in [-0.2, 0) is 0 Å². The van der Waals surface area contributed by atoms with E-state index in [0.29, 0.717) is 10.9 Å². The molecular weight excluding hydrogens is 277 g/mol. The van der Waals surface area contributed by atoms with Gasteiger partial charge in [-0.25, -0.2) is 4.39 Å². The Labute approximate surface area is 113 Å². The zero-order valence-corrected chi connectivity index (χ0v) is 11.2. The van der Waals surface area contributed by atoms with E-state index in [0.717, 1.165) is 24.9 Å². The van der Waals surface area contributed by atoms with Crippen LogP contribution in [0.4, 0.5) is 24.5 Å². The minimum atomic E-state index is -3.05. The minimum absolute atomic E-state index is 0.234. The van der Waals surface area contributed by atoms with E-state index >= 15 is 0 Å². The van der Waals surface area contributed by atoms with Gasteiger partial charge in [0.1, 0.15) is 0 Å². The first-order chi connectivity index (χ1) is 8.97. The van der Waals surface area contributed by atoms with E-state index in [1.165, 1.54) is 6.07 Å². The summed E-state index contributed by atoms with van der Waals surface area (Å²) in [6.07, 6.45) is 0. The highest BCUT2D eigenvalue weighted by atomic mass is 32.2. The molecule has 1 fully saturated rings. The fourth-order valence-corrected chi connectivity index (χ4v) is 3.07. The second kappa shape index (κ2) is 5.81. The first kappa shape index (κ1) is 14.2. The second-order valence-corrected chi connectivity index (χ2v) is 5.89. The van der Waals surface area contributed by atoms with Gasteiger partial charge < -0.3 is 15.4 Å². The lowest BCUT2D eigenvalue weighted by atomic mass is 10.2. The maximum absolute atomic E-state index is 13.5. The summed E-state index contributed by atoms with van der Waals surface area (Å²) in [5.41, 5.74) is 6.55. The molecule has 0 radical (unpaired) electrons. The molecule has 1 atom stereocenters. The van der Waals surface area contributed by atoms with Crippen molar-refractivity contribution < 1.29 is 17.9 Å². The van der Waals surface area contributed by atoms with Gasteiger partial charge in [-0.3, -0.25) is 0 Å². The van der Waals surface area contributed by atoms with Crippen LogP contribution in [0.15, 0.2) is 12.1 Å². The first-order valence-electron chi connectivity index (χ1n) is 5.87. The fourth-order valence-electron chi connectivity index (χ4n) is 2.06. The Balaban J connectivity index is 2.28. The highest BCUT2D eigenvalue weighted by Gasteiger charge is 2.21. The van der Waals surface area contributed by atoms with E-state index in [4.69, 9.17) is 5.73 Å². The molecular formula is C12H15F3N2OS. The summed E-state index contributed by atoms with van der Waals surface area (Å²) in [4.78, 5) is 1.97. The average Bonchev–Trinajstić information content (AvgIpc) is 2.32. The molecule has 2 rings (SSSR count). The molecule has 1 saturated heterocycles. The molecule has 1 aromatic rings. The van der Waals surface area contributed by atoms with Gasteiger partial charge in [-0.1, -0.05) is 6.92 Å². The number of ether oxygens (including phenoxy) is 1.